The lowest BCUT2D eigenvalue weighted by molar-refractivity contribution is 0.102. The number of anilines is 2. The van der Waals surface area contributed by atoms with Crippen molar-refractivity contribution in [3.63, 3.8) is 0 Å². The van der Waals surface area contributed by atoms with Gasteiger partial charge >= 0.3 is 0 Å². The molecule has 1 amide bonds. The van der Waals surface area contributed by atoms with Gasteiger partial charge in [-0.3, -0.25) is 4.79 Å². The fourth-order valence-corrected chi connectivity index (χ4v) is 1.85. The number of nitrogens with one attached hydrogen (secondary N) is 2. The first-order valence-corrected chi connectivity index (χ1v) is 5.95. The van der Waals surface area contributed by atoms with Gasteiger partial charge in [0, 0.05) is 24.0 Å². The summed E-state index contributed by atoms with van der Waals surface area (Å²) in [6.07, 6.45) is 0. The lowest BCUT2D eigenvalue weighted by atomic mass is 10.1. The van der Waals surface area contributed by atoms with Crippen LogP contribution in [0.1, 0.15) is 15.9 Å². The summed E-state index contributed by atoms with van der Waals surface area (Å²) in [7, 11) is 1.83. The summed E-state index contributed by atoms with van der Waals surface area (Å²) >= 11 is 0. The standard InChI is InChI=1S/C15H15FN2O/c1-10-8-11(6-7-14(10)17-2)15(19)18-13-5-3-4-12(16)9-13/h3-9,17H,1-2H3,(H,18,19). The summed E-state index contributed by atoms with van der Waals surface area (Å²) in [5, 5.41) is 5.70. The van der Waals surface area contributed by atoms with E-state index in [0.29, 0.717) is 11.3 Å². The van der Waals surface area contributed by atoms with Crippen molar-refractivity contribution in [2.45, 2.75) is 6.92 Å². The number of rotatable bonds is 3. The molecule has 0 saturated carbocycles. The van der Waals surface area contributed by atoms with Crippen molar-refractivity contribution >= 4 is 17.3 Å². The van der Waals surface area contributed by atoms with E-state index in [1.54, 1.807) is 24.3 Å². The number of halogens is 1. The molecule has 3 nitrogen and oxygen atoms in total. The minimum atomic E-state index is -0.375. The average Bonchev–Trinajstić information content (AvgIpc) is 2.38. The highest BCUT2D eigenvalue weighted by atomic mass is 19.1. The Bertz CT molecular complexity index is 611. The fraction of sp³-hybridized carbons (Fsp3) is 0.133. The maximum absolute atomic E-state index is 13.0. The molecule has 2 rings (SSSR count). The second kappa shape index (κ2) is 5.52. The van der Waals surface area contributed by atoms with Crippen LogP contribution < -0.4 is 10.6 Å². The number of hydrogen-bond donors (Lipinski definition) is 2. The van der Waals surface area contributed by atoms with Crippen molar-refractivity contribution in [3.05, 3.63) is 59.4 Å². The van der Waals surface area contributed by atoms with E-state index in [9.17, 15) is 9.18 Å². The molecule has 0 aliphatic heterocycles. The van der Waals surface area contributed by atoms with Crippen molar-refractivity contribution in [1.82, 2.24) is 0 Å². The van der Waals surface area contributed by atoms with Gasteiger partial charge in [-0.05, 0) is 48.9 Å². The summed E-state index contributed by atoms with van der Waals surface area (Å²) in [6, 6.07) is 11.2. The molecule has 0 heterocycles. The molecular formula is C15H15FN2O. The summed E-state index contributed by atoms with van der Waals surface area (Å²) in [5.74, 6) is -0.629. The largest absolute Gasteiger partial charge is 0.388 e. The van der Waals surface area contributed by atoms with Crippen molar-refractivity contribution in [2.75, 3.05) is 17.7 Å². The molecule has 0 bridgehead atoms. The Morgan fingerprint density at radius 3 is 2.58 bits per heavy atom. The lowest BCUT2D eigenvalue weighted by Crippen LogP contribution is -2.12. The first-order chi connectivity index (χ1) is 9.10. The third-order valence-corrected chi connectivity index (χ3v) is 2.84. The van der Waals surface area contributed by atoms with E-state index >= 15 is 0 Å². The Morgan fingerprint density at radius 1 is 1.16 bits per heavy atom. The third kappa shape index (κ3) is 3.10. The van der Waals surface area contributed by atoms with Crippen molar-refractivity contribution in [3.8, 4) is 0 Å². The first-order valence-electron chi connectivity index (χ1n) is 5.95. The summed E-state index contributed by atoms with van der Waals surface area (Å²) in [5.41, 5.74) is 2.94. The van der Waals surface area contributed by atoms with Gasteiger partial charge in [0.2, 0.25) is 0 Å². The summed E-state index contributed by atoms with van der Waals surface area (Å²) in [6.45, 7) is 1.92. The maximum atomic E-state index is 13.0. The molecule has 0 aliphatic rings. The minimum Gasteiger partial charge on any atom is -0.388 e. The highest BCUT2D eigenvalue weighted by Gasteiger charge is 2.08. The zero-order valence-corrected chi connectivity index (χ0v) is 10.8. The van der Waals surface area contributed by atoms with Crippen LogP contribution in [0.3, 0.4) is 0 Å². The molecule has 0 saturated heterocycles. The quantitative estimate of drug-likeness (QED) is 0.885. The van der Waals surface area contributed by atoms with Crippen LogP contribution >= 0.6 is 0 Å². The van der Waals surface area contributed by atoms with E-state index in [0.717, 1.165) is 11.3 Å². The molecule has 2 N–H and O–H groups in total. The molecule has 0 atom stereocenters. The van der Waals surface area contributed by atoms with Gasteiger partial charge in [0.25, 0.3) is 5.91 Å². The Hall–Kier alpha value is -2.36. The summed E-state index contributed by atoms with van der Waals surface area (Å²) in [4.78, 5) is 12.0. The number of aryl methyl sites for hydroxylation is 1. The Labute approximate surface area is 111 Å². The molecule has 0 aliphatic carbocycles. The predicted molar refractivity (Wildman–Crippen MR) is 75.1 cm³/mol. The van der Waals surface area contributed by atoms with Crippen molar-refractivity contribution in [2.24, 2.45) is 0 Å². The Balaban J connectivity index is 2.18. The Kier molecular flexibility index (Phi) is 3.80. The van der Waals surface area contributed by atoms with Gasteiger partial charge in [0.15, 0.2) is 0 Å². The van der Waals surface area contributed by atoms with Crippen molar-refractivity contribution < 1.29 is 9.18 Å². The van der Waals surface area contributed by atoms with Crippen LogP contribution in [-0.4, -0.2) is 13.0 Å². The molecule has 0 unspecified atom stereocenters. The number of carbonyl (C=O) groups is 1. The average molecular weight is 258 g/mol. The van der Waals surface area contributed by atoms with Crippen molar-refractivity contribution in [1.29, 1.82) is 0 Å². The van der Waals surface area contributed by atoms with Crippen LogP contribution in [0.25, 0.3) is 0 Å². The van der Waals surface area contributed by atoms with E-state index in [4.69, 9.17) is 0 Å². The highest BCUT2D eigenvalue weighted by molar-refractivity contribution is 6.04. The van der Waals surface area contributed by atoms with Crippen LogP contribution in [0.5, 0.6) is 0 Å². The van der Waals surface area contributed by atoms with Crippen LogP contribution in [0.4, 0.5) is 15.8 Å². The molecule has 19 heavy (non-hydrogen) atoms. The second-order valence-electron chi connectivity index (χ2n) is 4.24. The molecule has 0 spiro atoms. The van der Waals surface area contributed by atoms with Crippen LogP contribution in [0.15, 0.2) is 42.5 Å². The van der Waals surface area contributed by atoms with E-state index in [2.05, 4.69) is 10.6 Å². The van der Waals surface area contributed by atoms with Gasteiger partial charge in [-0.2, -0.15) is 0 Å². The monoisotopic (exact) mass is 258 g/mol. The van der Waals surface area contributed by atoms with E-state index in [1.165, 1.54) is 12.1 Å². The lowest BCUT2D eigenvalue weighted by Gasteiger charge is -2.09. The van der Waals surface area contributed by atoms with Gasteiger partial charge < -0.3 is 10.6 Å². The van der Waals surface area contributed by atoms with Gasteiger partial charge in [0.05, 0.1) is 0 Å². The van der Waals surface area contributed by atoms with Gasteiger partial charge in [0.1, 0.15) is 5.82 Å². The minimum absolute atomic E-state index is 0.253. The zero-order chi connectivity index (χ0) is 13.8. The topological polar surface area (TPSA) is 41.1 Å². The highest BCUT2D eigenvalue weighted by Crippen LogP contribution is 2.17. The Morgan fingerprint density at radius 2 is 1.95 bits per heavy atom. The van der Waals surface area contributed by atoms with Crippen LogP contribution in [-0.2, 0) is 0 Å². The van der Waals surface area contributed by atoms with Gasteiger partial charge in [-0.15, -0.1) is 0 Å². The fourth-order valence-electron chi connectivity index (χ4n) is 1.85. The molecule has 0 aromatic heterocycles. The molecule has 0 radical (unpaired) electrons. The molecule has 0 fully saturated rings. The molecule has 2 aromatic rings. The predicted octanol–water partition coefficient (Wildman–Crippen LogP) is 3.43. The van der Waals surface area contributed by atoms with E-state index < -0.39 is 0 Å². The molecule has 2 aromatic carbocycles. The molecule has 4 heteroatoms. The van der Waals surface area contributed by atoms with Crippen LogP contribution in [0, 0.1) is 12.7 Å². The maximum Gasteiger partial charge on any atom is 0.255 e. The van der Waals surface area contributed by atoms with Gasteiger partial charge in [-0.1, -0.05) is 6.07 Å². The molecular weight excluding hydrogens is 243 g/mol. The second-order valence-corrected chi connectivity index (χ2v) is 4.24. The third-order valence-electron chi connectivity index (χ3n) is 2.84. The SMILES string of the molecule is CNc1ccc(C(=O)Nc2cccc(F)c2)cc1C. The van der Waals surface area contributed by atoms with Gasteiger partial charge in [-0.25, -0.2) is 4.39 Å². The summed E-state index contributed by atoms with van der Waals surface area (Å²) < 4.78 is 13.0. The van der Waals surface area contributed by atoms with E-state index in [-0.39, 0.29) is 11.7 Å². The van der Waals surface area contributed by atoms with E-state index in [1.807, 2.05) is 20.0 Å². The number of carbonyl (C=O) groups excluding carboxylic acids is 1. The van der Waals surface area contributed by atoms with Crippen LogP contribution in [0.2, 0.25) is 0 Å². The smallest absolute Gasteiger partial charge is 0.255 e. The number of hydrogen-bond acceptors (Lipinski definition) is 2. The number of amides is 1. The number of benzene rings is 2. The first kappa shape index (κ1) is 13.1. The normalized spacial score (nSPS) is 10.1. The zero-order valence-electron chi connectivity index (χ0n) is 10.8. The molecule has 98 valence electrons.